The van der Waals surface area contributed by atoms with Crippen LogP contribution in [0.1, 0.15) is 26.6 Å². The molecule has 0 spiro atoms. The zero-order chi connectivity index (χ0) is 19.8. The number of nitrogens with zero attached hydrogens (tertiary/aromatic N) is 3. The van der Waals surface area contributed by atoms with E-state index < -0.39 is 0 Å². The number of hydrogen-bond acceptors (Lipinski definition) is 4. The van der Waals surface area contributed by atoms with Crippen LogP contribution in [0.3, 0.4) is 0 Å². The van der Waals surface area contributed by atoms with Gasteiger partial charge in [-0.1, -0.05) is 24.3 Å². The monoisotopic (exact) mass is 376 g/mol. The Morgan fingerprint density at radius 2 is 1.86 bits per heavy atom. The zero-order valence-corrected chi connectivity index (χ0v) is 16.3. The highest BCUT2D eigenvalue weighted by molar-refractivity contribution is 6.30. The van der Waals surface area contributed by atoms with Crippen molar-refractivity contribution in [2.24, 2.45) is 0 Å². The molecule has 2 N–H and O–H groups in total. The van der Waals surface area contributed by atoms with Crippen LogP contribution in [-0.2, 0) is 6.54 Å². The second kappa shape index (κ2) is 7.03. The van der Waals surface area contributed by atoms with Crippen molar-refractivity contribution in [3.8, 4) is 5.75 Å². The van der Waals surface area contributed by atoms with Crippen LogP contribution >= 0.6 is 0 Å². The van der Waals surface area contributed by atoms with Crippen LogP contribution in [0.5, 0.6) is 5.75 Å². The molecule has 6 heteroatoms. The summed E-state index contributed by atoms with van der Waals surface area (Å²) in [6, 6.07) is 15.5. The summed E-state index contributed by atoms with van der Waals surface area (Å²) < 4.78 is 7.95. The van der Waals surface area contributed by atoms with Gasteiger partial charge < -0.3 is 19.3 Å². The lowest BCUT2D eigenvalue weighted by Gasteiger charge is -2.23. The minimum absolute atomic E-state index is 0.0169. The highest BCUT2D eigenvalue weighted by Crippen LogP contribution is 2.37. The number of aromatic nitrogens is 2. The van der Waals surface area contributed by atoms with Gasteiger partial charge in [0.05, 0.1) is 34.9 Å². The fourth-order valence-electron chi connectivity index (χ4n) is 3.64. The largest absolute Gasteiger partial charge is 0.509 e. The summed E-state index contributed by atoms with van der Waals surface area (Å²) in [6.07, 6.45) is 0.0169. The summed E-state index contributed by atoms with van der Waals surface area (Å²) >= 11 is 0. The molecule has 0 saturated carbocycles. The summed E-state index contributed by atoms with van der Waals surface area (Å²) in [5, 5.41) is 19.6. The highest BCUT2D eigenvalue weighted by atomic mass is 16.5. The fraction of sp³-hybridized carbons (Fsp3) is 0.273. The Balaban J connectivity index is 1.77. The predicted octanol–water partition coefficient (Wildman–Crippen LogP) is 4.61. The number of nitrogens with one attached hydrogen (secondary N) is 1. The van der Waals surface area contributed by atoms with Crippen molar-refractivity contribution in [2.75, 3.05) is 11.4 Å². The third-order valence-corrected chi connectivity index (χ3v) is 4.82. The van der Waals surface area contributed by atoms with E-state index in [4.69, 9.17) is 15.1 Å². The second-order valence-electron chi connectivity index (χ2n) is 7.06. The van der Waals surface area contributed by atoms with Gasteiger partial charge in [0.2, 0.25) is 0 Å². The molecule has 0 aliphatic carbocycles. The molecule has 0 radical (unpaired) electrons. The number of fused-ring (bicyclic) bond motifs is 1. The molecule has 6 nitrogen and oxygen atoms in total. The van der Waals surface area contributed by atoms with Gasteiger partial charge in [-0.3, -0.25) is 5.41 Å². The van der Waals surface area contributed by atoms with Gasteiger partial charge >= 0.3 is 0 Å². The first-order valence-electron chi connectivity index (χ1n) is 9.51. The number of para-hydroxylation sites is 4. The van der Waals surface area contributed by atoms with E-state index in [2.05, 4.69) is 0 Å². The number of benzene rings is 2. The third kappa shape index (κ3) is 2.91. The standard InChI is InChI=1S/C22H24N4O2/c1-4-25-16-10-6-5-9-15(16)24-22(25)20-18(27)13-26(21(20)23)17-11-7-8-12-19(17)28-14(2)3/h5-12,14,23,27H,4,13H2,1-3H3. The molecule has 1 aromatic heterocycles. The van der Waals surface area contributed by atoms with Gasteiger partial charge in [0, 0.05) is 6.54 Å². The third-order valence-electron chi connectivity index (χ3n) is 4.82. The molecule has 0 amide bonds. The van der Waals surface area contributed by atoms with Crippen LogP contribution < -0.4 is 9.64 Å². The topological polar surface area (TPSA) is 74.4 Å². The first-order chi connectivity index (χ1) is 13.5. The fourth-order valence-corrected chi connectivity index (χ4v) is 3.64. The van der Waals surface area contributed by atoms with Crippen LogP contribution in [0, 0.1) is 5.41 Å². The molecule has 0 saturated heterocycles. The molecular weight excluding hydrogens is 352 g/mol. The Labute approximate surface area is 164 Å². The number of amidine groups is 1. The van der Waals surface area contributed by atoms with Gasteiger partial charge in [0.1, 0.15) is 23.2 Å². The second-order valence-corrected chi connectivity index (χ2v) is 7.06. The molecular formula is C22H24N4O2. The summed E-state index contributed by atoms with van der Waals surface area (Å²) in [5.41, 5.74) is 3.09. The van der Waals surface area contributed by atoms with Gasteiger partial charge in [-0.2, -0.15) is 0 Å². The van der Waals surface area contributed by atoms with Gasteiger partial charge in [-0.15, -0.1) is 0 Å². The van der Waals surface area contributed by atoms with E-state index in [0.29, 0.717) is 23.7 Å². The average molecular weight is 376 g/mol. The number of aliphatic hydroxyl groups is 1. The lowest BCUT2D eigenvalue weighted by molar-refractivity contribution is 0.243. The number of anilines is 1. The quantitative estimate of drug-likeness (QED) is 0.682. The maximum Gasteiger partial charge on any atom is 0.148 e. The number of rotatable bonds is 5. The zero-order valence-electron chi connectivity index (χ0n) is 16.3. The van der Waals surface area contributed by atoms with E-state index in [0.717, 1.165) is 16.7 Å². The molecule has 3 aromatic rings. The van der Waals surface area contributed by atoms with Crippen molar-refractivity contribution in [3.63, 3.8) is 0 Å². The Bertz CT molecular complexity index is 1080. The molecule has 2 heterocycles. The SMILES string of the molecule is CCn1c(C2=C(O)CN(c3ccccc3OC(C)C)C2=N)nc2ccccc21. The van der Waals surface area contributed by atoms with E-state index >= 15 is 0 Å². The van der Waals surface area contributed by atoms with Gasteiger partial charge in [0.15, 0.2) is 0 Å². The van der Waals surface area contributed by atoms with Gasteiger partial charge in [-0.25, -0.2) is 4.98 Å². The minimum Gasteiger partial charge on any atom is -0.509 e. The maximum atomic E-state index is 10.8. The molecule has 0 atom stereocenters. The lowest BCUT2D eigenvalue weighted by atomic mass is 10.2. The normalized spacial score (nSPS) is 14.6. The van der Waals surface area contributed by atoms with Crippen LogP contribution in [0.25, 0.3) is 16.6 Å². The number of hydrogen-bond donors (Lipinski definition) is 2. The number of imidazole rings is 1. The number of aliphatic hydroxyl groups excluding tert-OH is 1. The Kier molecular flexibility index (Phi) is 4.55. The molecule has 28 heavy (non-hydrogen) atoms. The molecule has 0 unspecified atom stereocenters. The van der Waals surface area contributed by atoms with E-state index in [-0.39, 0.29) is 24.2 Å². The van der Waals surface area contributed by atoms with Crippen molar-refractivity contribution in [1.29, 1.82) is 5.41 Å². The van der Waals surface area contributed by atoms with Gasteiger partial charge in [0.25, 0.3) is 0 Å². The minimum atomic E-state index is 0.0169. The van der Waals surface area contributed by atoms with E-state index in [1.54, 1.807) is 4.90 Å². The smallest absolute Gasteiger partial charge is 0.148 e. The molecule has 1 aliphatic rings. The molecule has 2 aromatic carbocycles. The number of aryl methyl sites for hydroxylation is 1. The summed E-state index contributed by atoms with van der Waals surface area (Å²) in [7, 11) is 0. The summed E-state index contributed by atoms with van der Waals surface area (Å²) in [4.78, 5) is 6.48. The average Bonchev–Trinajstić information content (AvgIpc) is 3.18. The van der Waals surface area contributed by atoms with E-state index in [9.17, 15) is 5.11 Å². The first kappa shape index (κ1) is 18.1. The van der Waals surface area contributed by atoms with Crippen molar-refractivity contribution in [3.05, 3.63) is 60.1 Å². The molecule has 0 fully saturated rings. The van der Waals surface area contributed by atoms with Gasteiger partial charge in [-0.05, 0) is 45.0 Å². The Morgan fingerprint density at radius 1 is 1.14 bits per heavy atom. The van der Waals surface area contributed by atoms with Crippen molar-refractivity contribution in [1.82, 2.24) is 9.55 Å². The molecule has 144 valence electrons. The van der Waals surface area contributed by atoms with E-state index in [1.807, 2.05) is 73.9 Å². The van der Waals surface area contributed by atoms with E-state index in [1.165, 1.54) is 0 Å². The molecule has 1 aliphatic heterocycles. The lowest BCUT2D eigenvalue weighted by Crippen LogP contribution is -2.27. The van der Waals surface area contributed by atoms with Crippen molar-refractivity contribution >= 4 is 28.1 Å². The molecule has 0 bridgehead atoms. The van der Waals surface area contributed by atoms with Crippen LogP contribution in [0.4, 0.5) is 5.69 Å². The van der Waals surface area contributed by atoms with Crippen LogP contribution in [0.15, 0.2) is 54.3 Å². The summed E-state index contributed by atoms with van der Waals surface area (Å²) in [6.45, 7) is 6.90. The van der Waals surface area contributed by atoms with Crippen molar-refractivity contribution < 1.29 is 9.84 Å². The predicted molar refractivity (Wildman–Crippen MR) is 112 cm³/mol. The highest BCUT2D eigenvalue weighted by Gasteiger charge is 2.33. The van der Waals surface area contributed by atoms with Crippen LogP contribution in [0.2, 0.25) is 0 Å². The number of ether oxygens (including phenoxy) is 1. The van der Waals surface area contributed by atoms with Crippen molar-refractivity contribution in [2.45, 2.75) is 33.4 Å². The Hall–Kier alpha value is -3.28. The maximum absolute atomic E-state index is 10.8. The first-order valence-corrected chi connectivity index (χ1v) is 9.51. The van der Waals surface area contributed by atoms with Crippen LogP contribution in [-0.4, -0.2) is 33.1 Å². The Morgan fingerprint density at radius 3 is 2.61 bits per heavy atom. The molecule has 4 rings (SSSR count). The summed E-state index contributed by atoms with van der Waals surface area (Å²) in [5.74, 6) is 1.69.